The van der Waals surface area contributed by atoms with Gasteiger partial charge in [-0.2, -0.15) is 0 Å². The van der Waals surface area contributed by atoms with E-state index < -0.39 is 5.97 Å². The highest BCUT2D eigenvalue weighted by Gasteiger charge is 2.15. The van der Waals surface area contributed by atoms with Crippen LogP contribution in [0.1, 0.15) is 31.3 Å². The van der Waals surface area contributed by atoms with Crippen molar-refractivity contribution in [1.29, 1.82) is 0 Å². The van der Waals surface area contributed by atoms with Crippen molar-refractivity contribution in [1.82, 2.24) is 4.57 Å². The van der Waals surface area contributed by atoms with Crippen molar-refractivity contribution in [2.24, 2.45) is 11.8 Å². The Morgan fingerprint density at radius 2 is 2.13 bits per heavy atom. The summed E-state index contributed by atoms with van der Waals surface area (Å²) in [5, 5.41) is 9.01. The molecule has 0 saturated carbocycles. The number of aromatic nitrogens is 1. The summed E-state index contributed by atoms with van der Waals surface area (Å²) in [7, 11) is 0. The molecule has 15 heavy (non-hydrogen) atoms. The molecule has 1 aromatic heterocycles. The van der Waals surface area contributed by atoms with Gasteiger partial charge in [-0.15, -0.1) is 0 Å². The van der Waals surface area contributed by atoms with E-state index in [1.54, 1.807) is 6.07 Å². The van der Waals surface area contributed by atoms with E-state index in [2.05, 4.69) is 43.4 Å². The summed E-state index contributed by atoms with van der Waals surface area (Å²) in [5.41, 5.74) is 0.381. The maximum atomic E-state index is 11.0. The van der Waals surface area contributed by atoms with Crippen molar-refractivity contribution < 1.29 is 9.90 Å². The lowest BCUT2D eigenvalue weighted by Gasteiger charge is -2.17. The highest BCUT2D eigenvalue weighted by Crippen LogP contribution is 2.17. The molecule has 1 rings (SSSR count). The summed E-state index contributed by atoms with van der Waals surface area (Å²) < 4.78 is 2.80. The van der Waals surface area contributed by atoms with Crippen LogP contribution in [-0.4, -0.2) is 15.6 Å². The first-order chi connectivity index (χ1) is 6.91. The topological polar surface area (TPSA) is 42.2 Å². The summed E-state index contributed by atoms with van der Waals surface area (Å²) >= 11 is 2.14. The van der Waals surface area contributed by atoms with Crippen LogP contribution in [0.2, 0.25) is 0 Å². The lowest BCUT2D eigenvalue weighted by molar-refractivity contribution is 0.0683. The highest BCUT2D eigenvalue weighted by atomic mass is 127. The van der Waals surface area contributed by atoms with Gasteiger partial charge in [0.05, 0.1) is 0 Å². The molecule has 1 atom stereocenters. The first-order valence-corrected chi connectivity index (χ1v) is 6.08. The van der Waals surface area contributed by atoms with Crippen LogP contribution < -0.4 is 0 Å². The lowest BCUT2D eigenvalue weighted by atomic mass is 9.98. The number of hydrogen-bond donors (Lipinski definition) is 1. The van der Waals surface area contributed by atoms with Crippen LogP contribution >= 0.6 is 22.6 Å². The van der Waals surface area contributed by atoms with Gasteiger partial charge in [-0.3, -0.25) is 0 Å². The van der Waals surface area contributed by atoms with Gasteiger partial charge in [0.25, 0.3) is 0 Å². The Morgan fingerprint density at radius 1 is 1.53 bits per heavy atom. The molecule has 0 saturated heterocycles. The van der Waals surface area contributed by atoms with E-state index >= 15 is 0 Å². The first-order valence-electron chi connectivity index (χ1n) is 5.00. The molecule has 0 bridgehead atoms. The van der Waals surface area contributed by atoms with Crippen molar-refractivity contribution in [3.05, 3.63) is 21.5 Å². The van der Waals surface area contributed by atoms with Crippen LogP contribution in [0.5, 0.6) is 0 Å². The summed E-state index contributed by atoms with van der Waals surface area (Å²) in [6, 6.07) is 1.70. The summed E-state index contributed by atoms with van der Waals surface area (Å²) in [6.45, 7) is 7.21. The zero-order valence-corrected chi connectivity index (χ0v) is 11.4. The smallest absolute Gasteiger partial charge is 0.352 e. The molecule has 0 aliphatic rings. The van der Waals surface area contributed by atoms with Crippen LogP contribution in [0.25, 0.3) is 0 Å². The number of carboxylic acids is 1. The maximum absolute atomic E-state index is 11.0. The Kier molecular flexibility index (Phi) is 4.19. The molecule has 0 aliphatic carbocycles. The third kappa shape index (κ3) is 3.22. The van der Waals surface area contributed by atoms with Crippen molar-refractivity contribution in [3.8, 4) is 0 Å². The standard InChI is InChI=1S/C11H16INO2/c1-7(2)8(3)5-13-6-9(12)4-10(13)11(14)15/h4,6-8H,5H2,1-3H3,(H,14,15). The van der Waals surface area contributed by atoms with Crippen molar-refractivity contribution in [2.75, 3.05) is 0 Å². The fourth-order valence-electron chi connectivity index (χ4n) is 1.33. The van der Waals surface area contributed by atoms with Gasteiger partial charge in [0, 0.05) is 16.3 Å². The average Bonchev–Trinajstić information content (AvgIpc) is 2.46. The van der Waals surface area contributed by atoms with E-state index in [0.29, 0.717) is 17.5 Å². The largest absolute Gasteiger partial charge is 0.477 e. The summed E-state index contributed by atoms with van der Waals surface area (Å²) in [6.07, 6.45) is 1.89. The van der Waals surface area contributed by atoms with Gasteiger partial charge in [-0.25, -0.2) is 4.79 Å². The molecule has 1 N–H and O–H groups in total. The number of hydrogen-bond acceptors (Lipinski definition) is 1. The highest BCUT2D eigenvalue weighted by molar-refractivity contribution is 14.1. The van der Waals surface area contributed by atoms with E-state index in [-0.39, 0.29) is 0 Å². The van der Waals surface area contributed by atoms with E-state index in [1.165, 1.54) is 0 Å². The number of carbonyl (C=O) groups is 1. The van der Waals surface area contributed by atoms with Crippen LogP contribution in [0.3, 0.4) is 0 Å². The predicted molar refractivity (Wildman–Crippen MR) is 68.1 cm³/mol. The van der Waals surface area contributed by atoms with Crippen LogP contribution in [0.15, 0.2) is 12.3 Å². The molecule has 1 heterocycles. The zero-order chi connectivity index (χ0) is 11.6. The molecule has 3 nitrogen and oxygen atoms in total. The third-order valence-electron chi connectivity index (χ3n) is 2.71. The van der Waals surface area contributed by atoms with Crippen LogP contribution in [0, 0.1) is 15.4 Å². The molecule has 0 fully saturated rings. The van der Waals surface area contributed by atoms with E-state index in [1.807, 2.05) is 10.8 Å². The number of halogens is 1. The molecule has 0 radical (unpaired) electrons. The van der Waals surface area contributed by atoms with Gasteiger partial charge < -0.3 is 9.67 Å². The van der Waals surface area contributed by atoms with Gasteiger partial charge in [0.1, 0.15) is 5.69 Å². The molecule has 1 aromatic rings. The van der Waals surface area contributed by atoms with E-state index in [4.69, 9.17) is 5.11 Å². The average molecular weight is 321 g/mol. The number of nitrogens with zero attached hydrogens (tertiary/aromatic N) is 1. The zero-order valence-electron chi connectivity index (χ0n) is 9.20. The second-order valence-corrected chi connectivity index (χ2v) is 5.47. The summed E-state index contributed by atoms with van der Waals surface area (Å²) in [4.78, 5) is 11.0. The van der Waals surface area contributed by atoms with Crippen molar-refractivity contribution >= 4 is 28.6 Å². The number of aromatic carboxylic acids is 1. The van der Waals surface area contributed by atoms with Gasteiger partial charge in [-0.1, -0.05) is 20.8 Å². The van der Waals surface area contributed by atoms with Crippen molar-refractivity contribution in [2.45, 2.75) is 27.3 Å². The number of rotatable bonds is 4. The minimum Gasteiger partial charge on any atom is -0.477 e. The monoisotopic (exact) mass is 321 g/mol. The van der Waals surface area contributed by atoms with Gasteiger partial charge in [0.15, 0.2) is 0 Å². The second-order valence-electron chi connectivity index (χ2n) is 4.22. The molecular formula is C11H16INO2. The van der Waals surface area contributed by atoms with Crippen molar-refractivity contribution in [3.63, 3.8) is 0 Å². The SMILES string of the molecule is CC(C)C(C)Cn1cc(I)cc1C(=O)O. The number of carboxylic acid groups (broad SMARTS) is 1. The first kappa shape index (κ1) is 12.5. The fourth-order valence-corrected chi connectivity index (χ4v) is 1.96. The Labute approximate surface area is 104 Å². The maximum Gasteiger partial charge on any atom is 0.352 e. The van der Waals surface area contributed by atoms with Gasteiger partial charge in [-0.05, 0) is 40.5 Å². The Balaban J connectivity index is 2.89. The Morgan fingerprint density at radius 3 is 2.60 bits per heavy atom. The minimum atomic E-state index is -0.853. The minimum absolute atomic E-state index is 0.381. The van der Waals surface area contributed by atoms with Gasteiger partial charge in [0.2, 0.25) is 0 Å². The second kappa shape index (κ2) is 5.01. The molecule has 4 heteroatoms. The Bertz CT molecular complexity index is 357. The predicted octanol–water partition coefficient (Wildman–Crippen LogP) is 3.08. The van der Waals surface area contributed by atoms with Crippen LogP contribution in [0.4, 0.5) is 0 Å². The molecular weight excluding hydrogens is 305 g/mol. The molecule has 0 amide bonds. The van der Waals surface area contributed by atoms with E-state index in [9.17, 15) is 4.79 Å². The van der Waals surface area contributed by atoms with Gasteiger partial charge >= 0.3 is 5.97 Å². The molecule has 0 spiro atoms. The van der Waals surface area contributed by atoms with Crippen LogP contribution in [-0.2, 0) is 6.54 Å². The Hall–Kier alpha value is -0.520. The normalized spacial score (nSPS) is 13.1. The molecule has 0 aliphatic heterocycles. The lowest BCUT2D eigenvalue weighted by Crippen LogP contribution is -2.16. The quantitative estimate of drug-likeness (QED) is 0.866. The fraction of sp³-hybridized carbons (Fsp3) is 0.545. The molecule has 1 unspecified atom stereocenters. The van der Waals surface area contributed by atoms with E-state index in [0.717, 1.165) is 10.1 Å². The summed E-state index contributed by atoms with van der Waals surface area (Å²) in [5.74, 6) is 0.187. The molecule has 84 valence electrons. The molecule has 0 aromatic carbocycles. The third-order valence-corrected chi connectivity index (χ3v) is 3.30.